The molecule has 25 heavy (non-hydrogen) atoms. The molecule has 0 spiro atoms. The van der Waals surface area contributed by atoms with Crippen LogP contribution in [0, 0.1) is 5.92 Å². The minimum atomic E-state index is -0.0253. The van der Waals surface area contributed by atoms with Gasteiger partial charge < -0.3 is 4.90 Å². The molecule has 1 aliphatic rings. The van der Waals surface area contributed by atoms with Crippen LogP contribution in [0.4, 0.5) is 0 Å². The molecule has 3 rings (SSSR count). The molecule has 0 aromatic carbocycles. The number of nitrogens with one attached hydrogen (secondary N) is 1. The van der Waals surface area contributed by atoms with E-state index < -0.39 is 0 Å². The van der Waals surface area contributed by atoms with Gasteiger partial charge in [0, 0.05) is 37.7 Å². The Morgan fingerprint density at radius 1 is 1.48 bits per heavy atom. The van der Waals surface area contributed by atoms with Crippen LogP contribution >= 0.6 is 0 Å². The predicted molar refractivity (Wildman–Crippen MR) is 97.4 cm³/mol. The lowest BCUT2D eigenvalue weighted by molar-refractivity contribution is 0.0755. The summed E-state index contributed by atoms with van der Waals surface area (Å²) in [6, 6.07) is 6.26. The summed E-state index contributed by atoms with van der Waals surface area (Å²) in [4.78, 5) is 21.1. The highest BCUT2D eigenvalue weighted by Crippen LogP contribution is 2.36. The maximum absolute atomic E-state index is 12.7. The smallest absolute Gasteiger partial charge is 0.274 e. The van der Waals surface area contributed by atoms with Crippen LogP contribution < -0.4 is 0 Å². The Kier molecular flexibility index (Phi) is 5.18. The van der Waals surface area contributed by atoms with E-state index in [4.69, 9.17) is 0 Å². The summed E-state index contributed by atoms with van der Waals surface area (Å²) in [6.45, 7) is 5.91. The number of rotatable bonds is 5. The fourth-order valence-electron chi connectivity index (χ4n) is 3.67. The van der Waals surface area contributed by atoms with Crippen molar-refractivity contribution in [2.45, 2.75) is 32.2 Å². The number of aromatic nitrogens is 3. The first-order valence-corrected chi connectivity index (χ1v) is 8.88. The Balaban J connectivity index is 1.70. The van der Waals surface area contributed by atoms with E-state index in [1.165, 1.54) is 5.56 Å². The molecule has 6 nitrogen and oxygen atoms in total. The second-order valence-corrected chi connectivity index (χ2v) is 7.31. The maximum atomic E-state index is 12.7. The fourth-order valence-corrected chi connectivity index (χ4v) is 3.67. The number of carbonyl (C=O) groups excluding carboxylic acids is 1. The Labute approximate surface area is 149 Å². The Morgan fingerprint density at radius 3 is 2.92 bits per heavy atom. The van der Waals surface area contributed by atoms with Crippen molar-refractivity contribution in [3.8, 4) is 0 Å². The van der Waals surface area contributed by atoms with Crippen molar-refractivity contribution < 1.29 is 4.79 Å². The average molecular weight is 341 g/mol. The number of carbonyl (C=O) groups is 1. The number of hydrogen-bond acceptors (Lipinski definition) is 4. The van der Waals surface area contributed by atoms with Crippen LogP contribution in [0.3, 0.4) is 0 Å². The molecule has 2 atom stereocenters. The minimum absolute atomic E-state index is 0.0253. The number of amides is 1. The first-order chi connectivity index (χ1) is 12.0. The van der Waals surface area contributed by atoms with Gasteiger partial charge in [0.15, 0.2) is 0 Å². The predicted octanol–water partition coefficient (Wildman–Crippen LogP) is 2.69. The lowest BCUT2D eigenvalue weighted by Crippen LogP contribution is -2.34. The zero-order valence-corrected chi connectivity index (χ0v) is 15.4. The van der Waals surface area contributed by atoms with Gasteiger partial charge in [0.25, 0.3) is 5.91 Å². The van der Waals surface area contributed by atoms with Crippen molar-refractivity contribution in [3.63, 3.8) is 0 Å². The molecular weight excluding hydrogens is 314 g/mol. The van der Waals surface area contributed by atoms with Crippen LogP contribution in [-0.4, -0.2) is 58.1 Å². The molecule has 1 N–H and O–H groups in total. The van der Waals surface area contributed by atoms with Gasteiger partial charge in [-0.2, -0.15) is 5.10 Å². The quantitative estimate of drug-likeness (QED) is 0.908. The highest BCUT2D eigenvalue weighted by molar-refractivity contribution is 5.92. The van der Waals surface area contributed by atoms with Crippen LogP contribution in [0.25, 0.3) is 0 Å². The van der Waals surface area contributed by atoms with E-state index in [2.05, 4.69) is 47.0 Å². The van der Waals surface area contributed by atoms with E-state index in [0.29, 0.717) is 30.1 Å². The third kappa shape index (κ3) is 3.74. The van der Waals surface area contributed by atoms with Crippen molar-refractivity contribution in [2.24, 2.45) is 5.92 Å². The zero-order chi connectivity index (χ0) is 18.0. The third-order valence-corrected chi connectivity index (χ3v) is 5.09. The van der Waals surface area contributed by atoms with Crippen LogP contribution in [0.1, 0.15) is 54.0 Å². The van der Waals surface area contributed by atoms with Crippen LogP contribution in [0.2, 0.25) is 0 Å². The van der Waals surface area contributed by atoms with Gasteiger partial charge in [-0.1, -0.05) is 19.9 Å². The summed E-state index contributed by atoms with van der Waals surface area (Å²) in [5, 5.41) is 7.15. The summed E-state index contributed by atoms with van der Waals surface area (Å²) in [7, 11) is 4.01. The molecule has 3 heterocycles. The molecule has 0 radical (unpaired) electrons. The van der Waals surface area contributed by atoms with Crippen LogP contribution in [-0.2, 0) is 0 Å². The molecule has 6 heteroatoms. The average Bonchev–Trinajstić information content (AvgIpc) is 3.22. The van der Waals surface area contributed by atoms with Gasteiger partial charge in [-0.05, 0) is 49.5 Å². The number of hydrogen-bond donors (Lipinski definition) is 1. The van der Waals surface area contributed by atoms with Gasteiger partial charge in [0.2, 0.25) is 0 Å². The van der Waals surface area contributed by atoms with Crippen molar-refractivity contribution in [3.05, 3.63) is 47.5 Å². The number of H-pyrrole nitrogens is 1. The molecule has 134 valence electrons. The van der Waals surface area contributed by atoms with Gasteiger partial charge in [-0.15, -0.1) is 0 Å². The summed E-state index contributed by atoms with van der Waals surface area (Å²) in [5.74, 6) is 0.701. The van der Waals surface area contributed by atoms with Gasteiger partial charge in [0.1, 0.15) is 5.69 Å². The van der Waals surface area contributed by atoms with Crippen LogP contribution in [0.15, 0.2) is 30.6 Å². The van der Waals surface area contributed by atoms with E-state index in [1.54, 1.807) is 11.1 Å². The van der Waals surface area contributed by atoms with Gasteiger partial charge >= 0.3 is 0 Å². The monoisotopic (exact) mass is 341 g/mol. The Hall–Kier alpha value is -2.21. The summed E-state index contributed by atoms with van der Waals surface area (Å²) in [6.07, 6.45) is 4.81. The lowest BCUT2D eigenvalue weighted by Gasteiger charge is -2.28. The first-order valence-electron chi connectivity index (χ1n) is 8.88. The number of nitrogens with zero attached hydrogens (tertiary/aromatic N) is 4. The van der Waals surface area contributed by atoms with Gasteiger partial charge in [0.05, 0.1) is 0 Å². The maximum Gasteiger partial charge on any atom is 0.274 e. The van der Waals surface area contributed by atoms with Crippen molar-refractivity contribution in [1.82, 2.24) is 25.0 Å². The molecule has 2 aromatic heterocycles. The SMILES string of the molecule is CC(C)c1cc(C(=O)N(C)C[C@@H]2CCN(C)[C@H]2c2cccnc2)n[nH]1. The summed E-state index contributed by atoms with van der Waals surface area (Å²) in [5.41, 5.74) is 2.70. The summed E-state index contributed by atoms with van der Waals surface area (Å²) >= 11 is 0. The van der Waals surface area contributed by atoms with E-state index in [0.717, 1.165) is 18.7 Å². The molecule has 0 unspecified atom stereocenters. The van der Waals surface area contributed by atoms with E-state index in [-0.39, 0.29) is 5.91 Å². The number of aromatic amines is 1. The fraction of sp³-hybridized carbons (Fsp3) is 0.526. The molecule has 1 aliphatic heterocycles. The molecule has 0 saturated carbocycles. The number of likely N-dealkylation sites (tertiary alicyclic amines) is 1. The van der Waals surface area contributed by atoms with Gasteiger partial charge in [-0.3, -0.25) is 19.8 Å². The van der Waals surface area contributed by atoms with Crippen molar-refractivity contribution in [2.75, 3.05) is 27.2 Å². The lowest BCUT2D eigenvalue weighted by atomic mass is 9.94. The second-order valence-electron chi connectivity index (χ2n) is 7.31. The largest absolute Gasteiger partial charge is 0.340 e. The molecule has 1 saturated heterocycles. The number of pyridine rings is 1. The van der Waals surface area contributed by atoms with E-state index in [1.807, 2.05) is 25.4 Å². The molecule has 0 bridgehead atoms. The molecule has 0 aliphatic carbocycles. The topological polar surface area (TPSA) is 65.1 Å². The molecular formula is C19H27N5O. The molecule has 1 fully saturated rings. The summed E-state index contributed by atoms with van der Waals surface area (Å²) < 4.78 is 0. The standard InChI is InChI=1S/C19H27N5O/c1-13(2)16-10-17(22-21-16)19(25)24(4)12-15-7-9-23(3)18(15)14-6-5-8-20-11-14/h5-6,8,10-11,13,15,18H,7,9,12H2,1-4H3,(H,21,22)/t15-,18-/m0/s1. The second kappa shape index (κ2) is 7.35. The van der Waals surface area contributed by atoms with E-state index >= 15 is 0 Å². The van der Waals surface area contributed by atoms with Crippen LogP contribution in [0.5, 0.6) is 0 Å². The van der Waals surface area contributed by atoms with Gasteiger partial charge in [-0.25, -0.2) is 0 Å². The zero-order valence-electron chi connectivity index (χ0n) is 15.4. The highest BCUT2D eigenvalue weighted by Gasteiger charge is 2.34. The first kappa shape index (κ1) is 17.6. The Morgan fingerprint density at radius 2 is 2.28 bits per heavy atom. The third-order valence-electron chi connectivity index (χ3n) is 5.09. The Bertz CT molecular complexity index is 712. The molecule has 1 amide bonds. The highest BCUT2D eigenvalue weighted by atomic mass is 16.2. The molecule has 2 aromatic rings. The van der Waals surface area contributed by atoms with Crippen molar-refractivity contribution in [1.29, 1.82) is 0 Å². The van der Waals surface area contributed by atoms with E-state index in [9.17, 15) is 4.79 Å². The normalized spacial score (nSPS) is 21.0. The minimum Gasteiger partial charge on any atom is -0.340 e. The van der Waals surface area contributed by atoms with Crippen molar-refractivity contribution >= 4 is 5.91 Å².